The Hall–Kier alpha value is -0.770. The molecule has 4 heteroatoms. The average molecular weight is 229 g/mol. The first kappa shape index (κ1) is 12.3. The van der Waals surface area contributed by atoms with Gasteiger partial charge in [-0.2, -0.15) is 0 Å². The van der Waals surface area contributed by atoms with Crippen LogP contribution in [0.2, 0.25) is 0 Å². The lowest BCUT2D eigenvalue weighted by Gasteiger charge is -2.15. The Labute approximate surface area is 94.2 Å². The van der Waals surface area contributed by atoms with Crippen LogP contribution in [0.4, 0.5) is 4.39 Å². The Morgan fingerprint density at radius 3 is 2.80 bits per heavy atom. The molecule has 0 atom stereocenters. The van der Waals surface area contributed by atoms with Gasteiger partial charge in [0.25, 0.3) is 0 Å². The van der Waals surface area contributed by atoms with E-state index in [2.05, 4.69) is 11.9 Å². The maximum atomic E-state index is 13.2. The molecular formula is C11H16FNOS. The van der Waals surface area contributed by atoms with Gasteiger partial charge in [-0.05, 0) is 25.7 Å². The fourth-order valence-corrected chi connectivity index (χ4v) is 1.65. The third-order valence-corrected chi connectivity index (χ3v) is 2.43. The number of hydrogen-bond donors (Lipinski definition) is 0. The molecule has 1 heterocycles. The zero-order valence-electron chi connectivity index (χ0n) is 9.29. The van der Waals surface area contributed by atoms with Gasteiger partial charge in [-0.3, -0.25) is 4.98 Å². The van der Waals surface area contributed by atoms with Crippen molar-refractivity contribution in [1.82, 2.24) is 4.98 Å². The molecule has 0 aliphatic heterocycles. The van der Waals surface area contributed by atoms with Gasteiger partial charge in [-0.25, -0.2) is 4.39 Å². The number of aromatic nitrogens is 1. The summed E-state index contributed by atoms with van der Waals surface area (Å²) in [4.78, 5) is 5.08. The van der Waals surface area contributed by atoms with Crippen molar-refractivity contribution in [2.24, 2.45) is 0 Å². The molecule has 0 radical (unpaired) electrons. The van der Waals surface area contributed by atoms with Crippen molar-refractivity contribution in [3.63, 3.8) is 0 Å². The van der Waals surface area contributed by atoms with E-state index in [0.29, 0.717) is 5.75 Å². The van der Waals surface area contributed by atoms with Gasteiger partial charge in [-0.1, -0.05) is 6.92 Å². The first-order valence-electron chi connectivity index (χ1n) is 4.91. The van der Waals surface area contributed by atoms with E-state index in [-0.39, 0.29) is 6.61 Å². The highest BCUT2D eigenvalue weighted by Gasteiger charge is 2.16. The van der Waals surface area contributed by atoms with Crippen LogP contribution >= 0.6 is 11.8 Å². The summed E-state index contributed by atoms with van der Waals surface area (Å²) >= 11 is 1.69. The summed E-state index contributed by atoms with van der Waals surface area (Å²) in [6, 6.07) is 1.88. The number of ether oxygens (including phenoxy) is 1. The molecule has 0 spiro atoms. The molecule has 0 N–H and O–H groups in total. The minimum Gasteiger partial charge on any atom is -0.489 e. The van der Waals surface area contributed by atoms with Crippen LogP contribution in [-0.4, -0.2) is 23.0 Å². The Morgan fingerprint density at radius 1 is 1.47 bits per heavy atom. The Morgan fingerprint density at radius 2 is 2.20 bits per heavy atom. The van der Waals surface area contributed by atoms with Crippen LogP contribution < -0.4 is 4.74 Å². The summed E-state index contributed by atoms with van der Waals surface area (Å²) < 4.78 is 18.5. The van der Waals surface area contributed by atoms with E-state index in [1.54, 1.807) is 24.2 Å². The summed E-state index contributed by atoms with van der Waals surface area (Å²) in [5.41, 5.74) is -1.31. The predicted molar refractivity (Wildman–Crippen MR) is 61.3 cm³/mol. The van der Waals surface area contributed by atoms with Gasteiger partial charge >= 0.3 is 0 Å². The van der Waals surface area contributed by atoms with Crippen molar-refractivity contribution in [2.45, 2.75) is 31.3 Å². The maximum absolute atomic E-state index is 13.2. The summed E-state index contributed by atoms with van der Waals surface area (Å²) in [7, 11) is 0. The average Bonchev–Trinajstić information content (AvgIpc) is 2.15. The van der Waals surface area contributed by atoms with Crippen molar-refractivity contribution in [1.29, 1.82) is 0 Å². The van der Waals surface area contributed by atoms with Crippen LogP contribution in [-0.2, 0) is 0 Å². The van der Waals surface area contributed by atoms with Gasteiger partial charge in [0.1, 0.15) is 18.0 Å². The molecule has 84 valence electrons. The second-order valence-electron chi connectivity index (χ2n) is 3.80. The van der Waals surface area contributed by atoms with Crippen molar-refractivity contribution in [3.05, 3.63) is 18.5 Å². The Bertz CT molecular complexity index is 312. The number of nitrogens with zero attached hydrogens (tertiary/aromatic N) is 1. The van der Waals surface area contributed by atoms with Crippen LogP contribution in [0.25, 0.3) is 0 Å². The SMILES string of the molecule is CCSc1cncc(OCC(C)(C)F)c1. The van der Waals surface area contributed by atoms with Gasteiger partial charge in [0.15, 0.2) is 0 Å². The van der Waals surface area contributed by atoms with E-state index >= 15 is 0 Å². The fraction of sp³-hybridized carbons (Fsp3) is 0.545. The summed E-state index contributed by atoms with van der Waals surface area (Å²) in [5, 5.41) is 0. The maximum Gasteiger partial charge on any atom is 0.139 e. The van der Waals surface area contributed by atoms with Gasteiger partial charge in [0.05, 0.1) is 6.20 Å². The standard InChI is InChI=1S/C11H16FNOS/c1-4-15-10-5-9(6-13-7-10)14-8-11(2,3)12/h5-7H,4,8H2,1-3H3. The molecule has 0 bridgehead atoms. The van der Waals surface area contributed by atoms with Crippen LogP contribution in [0.5, 0.6) is 5.75 Å². The molecule has 2 nitrogen and oxygen atoms in total. The summed E-state index contributed by atoms with van der Waals surface area (Å²) in [6.07, 6.45) is 3.38. The molecule has 0 saturated heterocycles. The number of thioether (sulfide) groups is 1. The lowest BCUT2D eigenvalue weighted by molar-refractivity contribution is 0.120. The van der Waals surface area contributed by atoms with Crippen molar-refractivity contribution in [2.75, 3.05) is 12.4 Å². The smallest absolute Gasteiger partial charge is 0.139 e. The van der Waals surface area contributed by atoms with Crippen LogP contribution in [0.1, 0.15) is 20.8 Å². The van der Waals surface area contributed by atoms with Gasteiger partial charge < -0.3 is 4.74 Å². The predicted octanol–water partition coefficient (Wildman–Crippen LogP) is 3.32. The lowest BCUT2D eigenvalue weighted by atomic mass is 10.2. The molecule has 0 amide bonds. The zero-order chi connectivity index (χ0) is 11.3. The van der Waals surface area contributed by atoms with Gasteiger partial charge in [0, 0.05) is 11.1 Å². The van der Waals surface area contributed by atoms with Gasteiger partial charge in [-0.15, -0.1) is 11.8 Å². The number of pyridine rings is 1. The topological polar surface area (TPSA) is 22.1 Å². The van der Waals surface area contributed by atoms with E-state index < -0.39 is 5.67 Å². The van der Waals surface area contributed by atoms with Crippen molar-refractivity contribution in [3.8, 4) is 5.75 Å². The monoisotopic (exact) mass is 229 g/mol. The fourth-order valence-electron chi connectivity index (χ4n) is 0.978. The molecule has 1 aromatic heterocycles. The molecule has 1 rings (SSSR count). The van der Waals surface area contributed by atoms with Crippen molar-refractivity contribution < 1.29 is 9.13 Å². The molecule has 15 heavy (non-hydrogen) atoms. The van der Waals surface area contributed by atoms with Gasteiger partial charge in [0.2, 0.25) is 0 Å². The minimum absolute atomic E-state index is 0.0505. The summed E-state index contributed by atoms with van der Waals surface area (Å²) in [6.45, 7) is 5.11. The quantitative estimate of drug-likeness (QED) is 0.723. The molecule has 0 aromatic carbocycles. The van der Waals surface area contributed by atoms with E-state index in [4.69, 9.17) is 4.74 Å². The second-order valence-corrected chi connectivity index (χ2v) is 5.13. The highest BCUT2D eigenvalue weighted by molar-refractivity contribution is 7.99. The Kier molecular flexibility index (Phi) is 4.39. The molecule has 0 fully saturated rings. The molecule has 0 aliphatic carbocycles. The molecule has 1 aromatic rings. The highest BCUT2D eigenvalue weighted by Crippen LogP contribution is 2.22. The summed E-state index contributed by atoms with van der Waals surface area (Å²) in [5.74, 6) is 1.61. The first-order valence-corrected chi connectivity index (χ1v) is 5.89. The lowest BCUT2D eigenvalue weighted by Crippen LogP contribution is -2.22. The molecular weight excluding hydrogens is 213 g/mol. The highest BCUT2D eigenvalue weighted by atomic mass is 32.2. The van der Waals surface area contributed by atoms with E-state index in [1.165, 1.54) is 13.8 Å². The molecule has 0 saturated carbocycles. The third kappa shape index (κ3) is 5.02. The van der Waals surface area contributed by atoms with E-state index in [0.717, 1.165) is 10.6 Å². The van der Waals surface area contributed by atoms with Crippen LogP contribution in [0, 0.1) is 0 Å². The molecule has 0 aliphatic rings. The van der Waals surface area contributed by atoms with Crippen LogP contribution in [0.3, 0.4) is 0 Å². The third-order valence-electron chi connectivity index (χ3n) is 1.58. The largest absolute Gasteiger partial charge is 0.489 e. The number of hydrogen-bond acceptors (Lipinski definition) is 3. The number of halogens is 1. The van der Waals surface area contributed by atoms with E-state index in [9.17, 15) is 4.39 Å². The molecule has 0 unspecified atom stereocenters. The normalized spacial score (nSPS) is 11.5. The van der Waals surface area contributed by atoms with Crippen molar-refractivity contribution >= 4 is 11.8 Å². The minimum atomic E-state index is -1.31. The van der Waals surface area contributed by atoms with Crippen LogP contribution in [0.15, 0.2) is 23.4 Å². The Balaban J connectivity index is 2.57. The first-order chi connectivity index (χ1) is 7.01. The zero-order valence-corrected chi connectivity index (χ0v) is 10.1. The van der Waals surface area contributed by atoms with E-state index in [1.807, 2.05) is 6.07 Å². The number of alkyl halides is 1. The number of rotatable bonds is 5. The second kappa shape index (κ2) is 5.35.